The number of aliphatic hydroxyl groups is 1. The van der Waals surface area contributed by atoms with Gasteiger partial charge in [0, 0.05) is 113 Å². The van der Waals surface area contributed by atoms with Crippen molar-refractivity contribution in [1.82, 2.24) is 81.9 Å². The van der Waals surface area contributed by atoms with Crippen LogP contribution in [0.1, 0.15) is 178 Å². The van der Waals surface area contributed by atoms with Crippen LogP contribution in [0.25, 0.3) is 21.8 Å². The molecule has 0 unspecified atom stereocenters. The molecule has 133 heavy (non-hydrogen) atoms. The molecule has 41 nitrogen and oxygen atoms in total. The number of H-pyrrole nitrogens is 1. The number of carboxylic acids is 2. The van der Waals surface area contributed by atoms with Gasteiger partial charge in [-0.2, -0.15) is 0 Å². The first-order valence-corrected chi connectivity index (χ1v) is 45.8. The maximum absolute atomic E-state index is 15.9. The van der Waals surface area contributed by atoms with Gasteiger partial charge in [-0.05, 0) is 125 Å². The number of hydrogen-bond donors (Lipinski definition) is 17. The van der Waals surface area contributed by atoms with Crippen molar-refractivity contribution in [2.24, 2.45) is 28.9 Å². The van der Waals surface area contributed by atoms with Crippen LogP contribution in [0.3, 0.4) is 0 Å². The Morgan fingerprint density at radius 1 is 0.496 bits per heavy atom. The molecule has 4 aliphatic rings. The zero-order valence-electron chi connectivity index (χ0n) is 76.5. The molecule has 6 heterocycles. The van der Waals surface area contributed by atoms with Crippen molar-refractivity contribution in [3.63, 3.8) is 0 Å². The van der Waals surface area contributed by atoms with E-state index in [0.29, 0.717) is 77.0 Å². The summed E-state index contributed by atoms with van der Waals surface area (Å²) in [6.07, 6.45) is -0.347. The highest BCUT2D eigenvalue weighted by molar-refractivity contribution is 6.02. The Morgan fingerprint density at radius 3 is 1.67 bits per heavy atom. The fourth-order valence-corrected chi connectivity index (χ4v) is 17.8. The Balaban J connectivity index is 1.10. The quantitative estimate of drug-likeness (QED) is 0.0334. The number of aliphatic hydroxyl groups excluding tert-OH is 1. The average molecular weight is 1850 g/mol. The molecule has 2 aromatic heterocycles. The fraction of sp³-hybridized carbons (Fsp3) is 0.565. The monoisotopic (exact) mass is 1850 g/mol. The lowest BCUT2D eigenvalue weighted by Gasteiger charge is -2.38. The lowest BCUT2D eigenvalue weighted by Crippen LogP contribution is -2.62. The van der Waals surface area contributed by atoms with Crippen molar-refractivity contribution in [2.75, 3.05) is 46.8 Å². The third-order valence-electron chi connectivity index (χ3n) is 24.9. The van der Waals surface area contributed by atoms with E-state index in [1.165, 1.54) is 29.8 Å². The number of para-hydroxylation sites is 2. The van der Waals surface area contributed by atoms with E-state index in [-0.39, 0.29) is 109 Å². The molecule has 0 bridgehead atoms. The number of aromatic nitrogens is 2. The third kappa shape index (κ3) is 28.1. The zero-order valence-corrected chi connectivity index (χ0v) is 76.5. The van der Waals surface area contributed by atoms with Crippen LogP contribution in [0.2, 0.25) is 0 Å². The molecule has 5 aromatic rings. The summed E-state index contributed by atoms with van der Waals surface area (Å²) < 4.78 is 1.43. The average Bonchev–Trinajstić information content (AvgIpc) is 1.62. The van der Waals surface area contributed by atoms with Crippen LogP contribution in [0.15, 0.2) is 85.2 Å². The van der Waals surface area contributed by atoms with Gasteiger partial charge in [-0.25, -0.2) is 0 Å². The van der Waals surface area contributed by atoms with Crippen molar-refractivity contribution < 1.29 is 102 Å². The van der Waals surface area contributed by atoms with Gasteiger partial charge in [-0.15, -0.1) is 0 Å². The van der Waals surface area contributed by atoms with E-state index >= 15 is 38.4 Å². The van der Waals surface area contributed by atoms with Crippen LogP contribution in [-0.4, -0.2) is 293 Å². The van der Waals surface area contributed by atoms with E-state index in [1.54, 1.807) is 92.8 Å². The summed E-state index contributed by atoms with van der Waals surface area (Å²) in [5.74, 6) is -17.8. The molecule has 0 spiro atoms. The molecule has 4 aliphatic heterocycles. The molecule has 9 rings (SSSR count). The molecular weight excluding hydrogens is 1720 g/mol. The number of unbranched alkanes of at least 4 members (excludes halogenated alkanes) is 2. The summed E-state index contributed by atoms with van der Waals surface area (Å²) in [5, 5.41) is 56.7. The van der Waals surface area contributed by atoms with E-state index in [4.69, 9.17) is 22.9 Å². The van der Waals surface area contributed by atoms with Gasteiger partial charge in [0.15, 0.2) is 0 Å². The molecule has 21 N–H and O–H groups in total. The van der Waals surface area contributed by atoms with E-state index < -0.39 is 242 Å². The number of amides is 16. The number of benzene rings is 3. The first kappa shape index (κ1) is 104. The normalized spacial score (nSPS) is 25.5. The number of piperidine rings is 1. The highest BCUT2D eigenvalue weighted by Gasteiger charge is 2.47. The smallest absolute Gasteiger partial charge is 0.323 e. The Kier molecular flexibility index (Phi) is 38.2. The van der Waals surface area contributed by atoms with Crippen LogP contribution in [0.5, 0.6) is 0 Å². The minimum Gasteiger partial charge on any atom is -0.481 e. The Bertz CT molecular complexity index is 5040. The van der Waals surface area contributed by atoms with Gasteiger partial charge in [-0.3, -0.25) is 86.3 Å². The highest BCUT2D eigenvalue weighted by Crippen LogP contribution is 2.30. The molecule has 4 saturated heterocycles. The maximum atomic E-state index is 15.9. The standard InChI is InChI=1S/C92H130N20O21/c1-8-10-24-70-84(125)101-61(34-35-77(116)117)80(121)99-60(79(96)120)23-18-29-76(115)98-65(41-53-32-30-52(5)31-33-53)89(130)110-38-17-16-27-71(110)85(126)105-67(45-75(95)114)90(131)111-39-19-28-72(111)86(127)106-68(46-94)83(124)103-64(40-51(3)4)91(132)112-49-56(113)44-74(112)87(128)102-63(42-54-47-97-59-22-14-12-20-57(54)59)82(123)100-62(36-37-93)81(122)104-66(88(129)108(7)73(25-11-9-2)92(133)107(70)6)43-55-48-109(50-78(118)119)69-26-15-13-21-58(55)69/h12-15,20-22,26,30-33,47-48,51,56,60-68,70-74,97,113H,8-11,16-19,23-25,27-29,34-46,49-50,93-94H2,1-7H3,(H2,95,114)(H2,96,120)(H,98,115)(H,99,121)(H,100,123)(H,101,125)(H,102,128)(H,103,124)(H,104,122)(H,105,126)(H,106,127)(H,116,117)(H,118,119)/t56-,60+,61+,62+,63+,64+,65+,66+,67+,68+,70+,71+,72+,73+,74+/m1/s1. The van der Waals surface area contributed by atoms with Crippen molar-refractivity contribution in [3.8, 4) is 0 Å². The summed E-state index contributed by atoms with van der Waals surface area (Å²) in [6, 6.07) is -0.704. The Labute approximate surface area is 770 Å². The number of aryl methyl sites for hydroxylation is 1. The number of carbonyl (C=O) groups excluding carboxylic acids is 16. The zero-order chi connectivity index (χ0) is 97.2. The number of fused-ring (bicyclic) bond motifs is 5. The van der Waals surface area contributed by atoms with Crippen LogP contribution in [0, 0.1) is 12.8 Å². The Hall–Kier alpha value is -12.9. The molecule has 0 aliphatic carbocycles. The van der Waals surface area contributed by atoms with Crippen LogP contribution in [-0.2, 0) is 112 Å². The van der Waals surface area contributed by atoms with Crippen LogP contribution >= 0.6 is 0 Å². The molecule has 4 fully saturated rings. The second-order valence-electron chi connectivity index (χ2n) is 35.4. The number of likely N-dealkylation sites (N-methyl/N-ethyl adjacent to an activating group) is 2. The lowest BCUT2D eigenvalue weighted by atomic mass is 9.97. The van der Waals surface area contributed by atoms with Gasteiger partial charge in [0.2, 0.25) is 94.5 Å². The number of nitrogens with two attached hydrogens (primary N) is 4. The predicted octanol–water partition coefficient (Wildman–Crippen LogP) is -0.962. The number of aliphatic carboxylic acids is 2. The van der Waals surface area contributed by atoms with E-state index in [1.807, 2.05) is 20.8 Å². The highest BCUT2D eigenvalue weighted by atomic mass is 16.4. The maximum Gasteiger partial charge on any atom is 0.323 e. The first-order chi connectivity index (χ1) is 63.3. The van der Waals surface area contributed by atoms with Crippen molar-refractivity contribution in [1.29, 1.82) is 0 Å². The largest absolute Gasteiger partial charge is 0.481 e. The molecule has 41 heteroatoms. The number of rotatable bonds is 25. The number of hydrogen-bond acceptors (Lipinski definition) is 21. The van der Waals surface area contributed by atoms with Crippen molar-refractivity contribution >= 4 is 128 Å². The topological polar surface area (TPSA) is 617 Å². The molecular formula is C92H130N20O21. The van der Waals surface area contributed by atoms with E-state index in [2.05, 4.69) is 52.8 Å². The van der Waals surface area contributed by atoms with Gasteiger partial charge in [-0.1, -0.05) is 120 Å². The number of primary amides is 2. The molecule has 0 radical (unpaired) electrons. The Morgan fingerprint density at radius 2 is 1.03 bits per heavy atom. The predicted molar refractivity (Wildman–Crippen MR) is 486 cm³/mol. The summed E-state index contributed by atoms with van der Waals surface area (Å²) in [5.41, 5.74) is 27.5. The second kappa shape index (κ2) is 49.0. The van der Waals surface area contributed by atoms with Gasteiger partial charge in [0.05, 0.1) is 12.5 Å². The number of carbonyl (C=O) groups is 18. The summed E-state index contributed by atoms with van der Waals surface area (Å²) in [7, 11) is 2.62. The first-order valence-electron chi connectivity index (χ1n) is 45.8. The SMILES string of the molecule is CCCC[C@H]1C(=O)N(C)[C@@H](CCCC)C(=O)N[C@@H](CCC(=O)O)C(=O)N[C@H](C(N)=O)CCCC(=O)N[C@@H](Cc2ccc(C)cc2)C(=O)N2CCCC[C@H]2C(=O)N[C@@H](CC(N)=O)C(=O)N2CCC[C@H]2C(=O)N[C@@H](CN)C(=O)N[C@@H](CC(C)C)C(=O)N2C[C@H](O)C[C@H]2C(=O)N[C@@H](Cc2c[nH]c3ccccc23)C(=O)N[C@@H](CCN)C(=O)N[C@@H](Cc2cn(CC(=O)O)c3ccccc23)C(=O)N1C. The van der Waals surface area contributed by atoms with Crippen molar-refractivity contribution in [2.45, 2.75) is 280 Å². The third-order valence-corrected chi connectivity index (χ3v) is 24.9. The number of carboxylic acid groups (broad SMARTS) is 2. The summed E-state index contributed by atoms with van der Waals surface area (Å²) in [4.78, 5) is 271. The van der Waals surface area contributed by atoms with Crippen LogP contribution < -0.4 is 70.8 Å². The molecule has 3 aromatic carbocycles. The summed E-state index contributed by atoms with van der Waals surface area (Å²) >= 11 is 0. The number of aromatic amines is 1. The van der Waals surface area contributed by atoms with Crippen LogP contribution in [0.4, 0.5) is 0 Å². The number of nitrogens with one attached hydrogen (secondary N) is 10. The van der Waals surface area contributed by atoms with Crippen molar-refractivity contribution in [3.05, 3.63) is 107 Å². The lowest BCUT2D eigenvalue weighted by molar-refractivity contribution is -0.149. The van der Waals surface area contributed by atoms with Gasteiger partial charge in [0.25, 0.3) is 0 Å². The van der Waals surface area contributed by atoms with E-state index in [0.717, 1.165) is 25.2 Å². The van der Waals surface area contributed by atoms with Gasteiger partial charge < -0.3 is 120 Å². The fourth-order valence-electron chi connectivity index (χ4n) is 17.8. The van der Waals surface area contributed by atoms with E-state index in [9.17, 15) is 63.3 Å². The van der Waals surface area contributed by atoms with Gasteiger partial charge >= 0.3 is 11.9 Å². The van der Waals surface area contributed by atoms with Gasteiger partial charge in [0.1, 0.15) is 91.1 Å². The molecule has 724 valence electrons. The second-order valence-corrected chi connectivity index (χ2v) is 35.4. The number of nitrogens with zero attached hydrogens (tertiary/aromatic N) is 6. The molecule has 0 saturated carbocycles. The summed E-state index contributed by atoms with van der Waals surface area (Å²) in [6.45, 7) is 7.00. The minimum absolute atomic E-state index is 0.00646. The molecule has 15 atom stereocenters. The minimum atomic E-state index is -1.72. The molecule has 16 amide bonds.